The maximum absolute atomic E-state index is 12.4. The number of nitrogens with zero attached hydrogens (tertiary/aromatic N) is 1. The molecular formula is C17H24N2O3. The van der Waals surface area contributed by atoms with Crippen LogP contribution in [0.25, 0.3) is 0 Å². The number of carbonyl (C=O) groups is 1. The molecule has 0 aliphatic carbocycles. The van der Waals surface area contributed by atoms with Crippen LogP contribution < -0.4 is 10.1 Å². The molecule has 22 heavy (non-hydrogen) atoms. The predicted octanol–water partition coefficient (Wildman–Crippen LogP) is 3.49. The second-order valence-electron chi connectivity index (χ2n) is 5.31. The average Bonchev–Trinajstić information content (AvgIpc) is 2.53. The zero-order chi connectivity index (χ0) is 16.6. The van der Waals surface area contributed by atoms with Gasteiger partial charge in [-0.1, -0.05) is 20.3 Å². The Morgan fingerprint density at radius 3 is 2.64 bits per heavy atom. The monoisotopic (exact) mass is 304 g/mol. The van der Waals surface area contributed by atoms with Gasteiger partial charge in [-0.3, -0.25) is 4.79 Å². The highest BCUT2D eigenvalue weighted by molar-refractivity contribution is 5.97. The van der Waals surface area contributed by atoms with Crippen molar-refractivity contribution >= 4 is 11.6 Å². The van der Waals surface area contributed by atoms with Crippen LogP contribution in [0.1, 0.15) is 45.6 Å². The molecule has 0 fully saturated rings. The van der Waals surface area contributed by atoms with E-state index >= 15 is 0 Å². The van der Waals surface area contributed by atoms with Gasteiger partial charge in [0.2, 0.25) is 0 Å². The molecule has 120 valence electrons. The van der Waals surface area contributed by atoms with Crippen molar-refractivity contribution in [3.8, 4) is 11.8 Å². The Morgan fingerprint density at radius 1 is 1.36 bits per heavy atom. The smallest absolute Gasteiger partial charge is 0.256 e. The number of amides is 1. The van der Waals surface area contributed by atoms with Gasteiger partial charge in [-0.15, -0.1) is 0 Å². The summed E-state index contributed by atoms with van der Waals surface area (Å²) in [5.41, 5.74) is 0.0875. The van der Waals surface area contributed by atoms with Gasteiger partial charge in [0.1, 0.15) is 17.4 Å². The van der Waals surface area contributed by atoms with E-state index in [0.717, 1.165) is 12.8 Å². The lowest BCUT2D eigenvalue weighted by atomic mass is 9.99. The van der Waals surface area contributed by atoms with Gasteiger partial charge in [0.25, 0.3) is 5.91 Å². The van der Waals surface area contributed by atoms with Crippen LogP contribution in [0.3, 0.4) is 0 Å². The van der Waals surface area contributed by atoms with Gasteiger partial charge in [-0.2, -0.15) is 5.26 Å². The Morgan fingerprint density at radius 2 is 2.09 bits per heavy atom. The van der Waals surface area contributed by atoms with Gasteiger partial charge in [-0.25, -0.2) is 0 Å². The first-order chi connectivity index (χ1) is 10.5. The van der Waals surface area contributed by atoms with Crippen LogP contribution in [0, 0.1) is 11.3 Å². The minimum Gasteiger partial charge on any atom is -0.492 e. The number of hydrogen-bond acceptors (Lipinski definition) is 4. The lowest BCUT2D eigenvalue weighted by Crippen LogP contribution is -2.41. The average molecular weight is 304 g/mol. The van der Waals surface area contributed by atoms with Crippen molar-refractivity contribution in [2.75, 3.05) is 19.0 Å². The summed E-state index contributed by atoms with van der Waals surface area (Å²) >= 11 is 0. The van der Waals surface area contributed by atoms with Gasteiger partial charge in [0.05, 0.1) is 12.2 Å². The molecule has 0 unspecified atom stereocenters. The van der Waals surface area contributed by atoms with Crippen molar-refractivity contribution in [1.29, 1.82) is 5.26 Å². The molecule has 1 N–H and O–H groups in total. The highest BCUT2D eigenvalue weighted by Crippen LogP contribution is 2.24. The van der Waals surface area contributed by atoms with E-state index in [1.54, 1.807) is 25.1 Å². The second-order valence-corrected chi connectivity index (χ2v) is 5.31. The first-order valence-electron chi connectivity index (χ1n) is 7.54. The zero-order valence-corrected chi connectivity index (χ0v) is 13.7. The topological polar surface area (TPSA) is 71.3 Å². The number of hydrogen-bond donors (Lipinski definition) is 1. The van der Waals surface area contributed by atoms with E-state index in [1.807, 2.05) is 13.8 Å². The fraction of sp³-hybridized carbons (Fsp3) is 0.529. The summed E-state index contributed by atoms with van der Waals surface area (Å²) in [6.45, 7) is 6.31. The SMILES string of the molecule is CCCOc1ccc(NC(=O)[C@](C)(CCC)OC)cc1C#N. The van der Waals surface area contributed by atoms with E-state index in [1.165, 1.54) is 7.11 Å². The van der Waals surface area contributed by atoms with Gasteiger partial charge in [-0.05, 0) is 38.0 Å². The highest BCUT2D eigenvalue weighted by atomic mass is 16.5. The lowest BCUT2D eigenvalue weighted by molar-refractivity contribution is -0.136. The number of methoxy groups -OCH3 is 1. The fourth-order valence-electron chi connectivity index (χ4n) is 2.08. The van der Waals surface area contributed by atoms with Crippen LogP contribution in [-0.2, 0) is 9.53 Å². The van der Waals surface area contributed by atoms with Crippen LogP contribution in [-0.4, -0.2) is 25.2 Å². The Labute approximate surface area is 132 Å². The summed E-state index contributed by atoms with van der Waals surface area (Å²) in [4.78, 5) is 12.4. The second kappa shape index (κ2) is 8.40. The Bertz CT molecular complexity index is 551. The van der Waals surface area contributed by atoms with E-state index in [2.05, 4.69) is 11.4 Å². The third kappa shape index (κ3) is 4.47. The molecule has 0 aliphatic heterocycles. The Hall–Kier alpha value is -2.06. The maximum Gasteiger partial charge on any atom is 0.256 e. The molecule has 0 aromatic heterocycles. The Balaban J connectivity index is 2.90. The molecule has 1 rings (SSSR count). The molecule has 5 nitrogen and oxygen atoms in total. The largest absolute Gasteiger partial charge is 0.492 e. The van der Waals surface area contributed by atoms with Crippen LogP contribution >= 0.6 is 0 Å². The van der Waals surface area contributed by atoms with Crippen LogP contribution in [0.5, 0.6) is 5.75 Å². The number of rotatable bonds is 8. The summed E-state index contributed by atoms with van der Waals surface area (Å²) in [5, 5.41) is 12.0. The summed E-state index contributed by atoms with van der Waals surface area (Å²) in [7, 11) is 1.53. The third-order valence-electron chi connectivity index (χ3n) is 3.48. The summed E-state index contributed by atoms with van der Waals surface area (Å²) in [6, 6.07) is 7.13. The number of nitrogens with one attached hydrogen (secondary N) is 1. The molecular weight excluding hydrogens is 280 g/mol. The van der Waals surface area contributed by atoms with Crippen LogP contribution in [0.2, 0.25) is 0 Å². The molecule has 0 heterocycles. The normalized spacial score (nSPS) is 13.0. The number of benzene rings is 1. The van der Waals surface area contributed by atoms with Gasteiger partial charge in [0.15, 0.2) is 0 Å². The standard InChI is InChI=1S/C17H24N2O3/c1-5-9-17(3,21-4)16(20)19-14-7-8-15(22-10-6-2)13(11-14)12-18/h7-8,11H,5-6,9-10H2,1-4H3,(H,19,20)/t17-/m0/s1. The molecule has 1 aromatic carbocycles. The summed E-state index contributed by atoms with van der Waals surface area (Å²) in [5.74, 6) is 0.313. The first kappa shape index (κ1) is 18.0. The highest BCUT2D eigenvalue weighted by Gasteiger charge is 2.32. The van der Waals surface area contributed by atoms with Crippen molar-refractivity contribution in [3.63, 3.8) is 0 Å². The van der Waals surface area contributed by atoms with Crippen molar-refractivity contribution in [2.45, 2.75) is 45.6 Å². The fourth-order valence-corrected chi connectivity index (χ4v) is 2.08. The molecule has 0 spiro atoms. The Kier molecular flexibility index (Phi) is 6.87. The number of ether oxygens (including phenoxy) is 2. The molecule has 0 bridgehead atoms. The minimum atomic E-state index is -0.876. The third-order valence-corrected chi connectivity index (χ3v) is 3.48. The van der Waals surface area contributed by atoms with Gasteiger partial charge in [0, 0.05) is 12.8 Å². The van der Waals surface area contributed by atoms with Crippen LogP contribution in [0.15, 0.2) is 18.2 Å². The predicted molar refractivity (Wildman–Crippen MR) is 85.9 cm³/mol. The quantitative estimate of drug-likeness (QED) is 0.798. The molecule has 0 aliphatic rings. The van der Waals surface area contributed by atoms with E-state index in [9.17, 15) is 10.1 Å². The number of anilines is 1. The molecule has 5 heteroatoms. The van der Waals surface area contributed by atoms with Crippen LogP contribution in [0.4, 0.5) is 5.69 Å². The van der Waals surface area contributed by atoms with E-state index in [-0.39, 0.29) is 5.91 Å². The van der Waals surface area contributed by atoms with E-state index in [0.29, 0.717) is 30.0 Å². The summed E-state index contributed by atoms with van der Waals surface area (Å²) < 4.78 is 10.8. The van der Waals surface area contributed by atoms with E-state index < -0.39 is 5.60 Å². The van der Waals surface area contributed by atoms with E-state index in [4.69, 9.17) is 9.47 Å². The number of nitriles is 1. The summed E-state index contributed by atoms with van der Waals surface area (Å²) in [6.07, 6.45) is 2.33. The van der Waals surface area contributed by atoms with Crippen molar-refractivity contribution in [3.05, 3.63) is 23.8 Å². The molecule has 1 atom stereocenters. The molecule has 1 aromatic rings. The first-order valence-corrected chi connectivity index (χ1v) is 7.54. The van der Waals surface area contributed by atoms with Crippen molar-refractivity contribution in [1.82, 2.24) is 0 Å². The molecule has 0 saturated heterocycles. The maximum atomic E-state index is 12.4. The lowest BCUT2D eigenvalue weighted by Gasteiger charge is -2.26. The zero-order valence-electron chi connectivity index (χ0n) is 13.7. The van der Waals surface area contributed by atoms with Gasteiger partial charge >= 0.3 is 0 Å². The molecule has 0 saturated carbocycles. The number of carbonyl (C=O) groups excluding carboxylic acids is 1. The van der Waals surface area contributed by atoms with Gasteiger partial charge < -0.3 is 14.8 Å². The minimum absolute atomic E-state index is 0.219. The molecule has 1 amide bonds. The molecule has 0 radical (unpaired) electrons. The van der Waals surface area contributed by atoms with Crippen molar-refractivity contribution < 1.29 is 14.3 Å². The van der Waals surface area contributed by atoms with Crippen molar-refractivity contribution in [2.24, 2.45) is 0 Å².